The summed E-state index contributed by atoms with van der Waals surface area (Å²) in [6.07, 6.45) is 0. The van der Waals surface area contributed by atoms with Crippen molar-refractivity contribution in [2.75, 3.05) is 19.5 Å². The molecule has 0 unspecified atom stereocenters. The Labute approximate surface area is 134 Å². The average molecular weight is 313 g/mol. The number of aryl methyl sites for hydroxylation is 2. The molecule has 6 heteroatoms. The van der Waals surface area contributed by atoms with Gasteiger partial charge < -0.3 is 15.4 Å². The number of anilines is 1. The first-order chi connectivity index (χ1) is 11.0. The van der Waals surface area contributed by atoms with Crippen molar-refractivity contribution in [2.24, 2.45) is 0 Å². The number of benzene rings is 1. The van der Waals surface area contributed by atoms with Crippen molar-refractivity contribution in [3.8, 4) is 5.75 Å². The number of ether oxygens (including phenoxy) is 1. The lowest BCUT2D eigenvalue weighted by molar-refractivity contribution is 0.0961. The number of pyridine rings is 1. The molecule has 0 aliphatic carbocycles. The van der Waals surface area contributed by atoms with Gasteiger partial charge in [-0.1, -0.05) is 0 Å². The van der Waals surface area contributed by atoms with Gasteiger partial charge in [-0.25, -0.2) is 0 Å². The molecule has 0 aliphatic rings. The maximum atomic E-state index is 12.5. The van der Waals surface area contributed by atoms with Crippen LogP contribution in [-0.4, -0.2) is 31.0 Å². The van der Waals surface area contributed by atoms with Gasteiger partial charge in [0.05, 0.1) is 24.1 Å². The molecule has 0 atom stereocenters. The van der Waals surface area contributed by atoms with Gasteiger partial charge in [-0.05, 0) is 44.2 Å². The molecule has 2 aromatic rings. The average Bonchev–Trinajstić information content (AvgIpc) is 2.53. The number of methoxy groups -OCH3 is 1. The maximum Gasteiger partial charge on any atom is 0.257 e. The van der Waals surface area contributed by atoms with Crippen LogP contribution in [0.1, 0.15) is 32.1 Å². The topological polar surface area (TPSA) is 80.3 Å². The minimum absolute atomic E-state index is 0.240. The lowest BCUT2D eigenvalue weighted by Crippen LogP contribution is -2.19. The highest BCUT2D eigenvalue weighted by molar-refractivity contribution is 6.06. The highest BCUT2D eigenvalue weighted by Gasteiger charge is 2.15. The maximum absolute atomic E-state index is 12.5. The zero-order chi connectivity index (χ0) is 17.0. The van der Waals surface area contributed by atoms with Gasteiger partial charge in [-0.3, -0.25) is 14.6 Å². The molecule has 0 radical (unpaired) electrons. The molecule has 0 bridgehead atoms. The van der Waals surface area contributed by atoms with E-state index in [9.17, 15) is 9.59 Å². The van der Waals surface area contributed by atoms with Crippen LogP contribution in [0.2, 0.25) is 0 Å². The van der Waals surface area contributed by atoms with Crippen molar-refractivity contribution in [1.82, 2.24) is 10.3 Å². The normalized spacial score (nSPS) is 10.1. The van der Waals surface area contributed by atoms with Crippen molar-refractivity contribution in [3.05, 3.63) is 52.8 Å². The summed E-state index contributed by atoms with van der Waals surface area (Å²) in [6, 6.07) is 8.35. The first kappa shape index (κ1) is 16.5. The molecule has 23 heavy (non-hydrogen) atoms. The second kappa shape index (κ2) is 6.91. The summed E-state index contributed by atoms with van der Waals surface area (Å²) in [5.74, 6) is -0.0672. The minimum atomic E-state index is -0.303. The summed E-state index contributed by atoms with van der Waals surface area (Å²) in [5.41, 5.74) is 2.83. The van der Waals surface area contributed by atoms with Crippen molar-refractivity contribution in [1.29, 1.82) is 0 Å². The highest BCUT2D eigenvalue weighted by atomic mass is 16.5. The number of nitrogens with zero attached hydrogens (tertiary/aromatic N) is 1. The molecule has 120 valence electrons. The quantitative estimate of drug-likeness (QED) is 0.908. The lowest BCUT2D eigenvalue weighted by atomic mass is 10.1. The van der Waals surface area contributed by atoms with E-state index in [1.165, 1.54) is 7.11 Å². The van der Waals surface area contributed by atoms with E-state index in [4.69, 9.17) is 4.74 Å². The minimum Gasteiger partial charge on any atom is -0.495 e. The summed E-state index contributed by atoms with van der Waals surface area (Å²) in [7, 11) is 3.05. The van der Waals surface area contributed by atoms with Crippen molar-refractivity contribution in [2.45, 2.75) is 13.8 Å². The second-order valence-electron chi connectivity index (χ2n) is 5.03. The van der Waals surface area contributed by atoms with Crippen LogP contribution in [0.3, 0.4) is 0 Å². The molecule has 1 aromatic heterocycles. The van der Waals surface area contributed by atoms with E-state index >= 15 is 0 Å². The van der Waals surface area contributed by atoms with E-state index in [-0.39, 0.29) is 11.8 Å². The zero-order valence-corrected chi connectivity index (χ0v) is 13.6. The third kappa shape index (κ3) is 3.66. The van der Waals surface area contributed by atoms with Gasteiger partial charge in [-0.15, -0.1) is 0 Å². The zero-order valence-electron chi connectivity index (χ0n) is 13.6. The molecule has 2 N–H and O–H groups in total. The van der Waals surface area contributed by atoms with E-state index < -0.39 is 0 Å². The van der Waals surface area contributed by atoms with Crippen LogP contribution in [-0.2, 0) is 0 Å². The van der Waals surface area contributed by atoms with Crippen LogP contribution in [0.4, 0.5) is 5.69 Å². The molecule has 0 spiro atoms. The predicted molar refractivity (Wildman–Crippen MR) is 88.0 cm³/mol. The Kier molecular flexibility index (Phi) is 4.95. The summed E-state index contributed by atoms with van der Waals surface area (Å²) < 4.78 is 5.24. The van der Waals surface area contributed by atoms with Crippen LogP contribution < -0.4 is 15.4 Å². The first-order valence-electron chi connectivity index (χ1n) is 7.12. The second-order valence-corrected chi connectivity index (χ2v) is 5.03. The molecule has 6 nitrogen and oxygen atoms in total. The van der Waals surface area contributed by atoms with Gasteiger partial charge >= 0.3 is 0 Å². The van der Waals surface area contributed by atoms with Gasteiger partial charge in [0.25, 0.3) is 11.8 Å². The number of amides is 2. The Balaban J connectivity index is 2.34. The number of hydrogen-bond acceptors (Lipinski definition) is 4. The Morgan fingerprint density at radius 1 is 1.09 bits per heavy atom. The number of nitrogens with one attached hydrogen (secondary N) is 2. The predicted octanol–water partition coefficient (Wildman–Crippen LogP) is 2.32. The molecular formula is C17H19N3O3. The molecule has 0 saturated heterocycles. The first-order valence-corrected chi connectivity index (χ1v) is 7.12. The van der Waals surface area contributed by atoms with E-state index in [1.807, 2.05) is 6.92 Å². The Hall–Kier alpha value is -2.89. The molecule has 2 amide bonds. The number of carbonyl (C=O) groups excluding carboxylic acids is 2. The van der Waals surface area contributed by atoms with E-state index in [2.05, 4.69) is 15.6 Å². The van der Waals surface area contributed by atoms with E-state index in [1.54, 1.807) is 44.3 Å². The Bertz CT molecular complexity index is 757. The lowest BCUT2D eigenvalue weighted by Gasteiger charge is -2.12. The SMILES string of the molecule is CNC(=O)c1ccc(OC)c(NC(=O)c2ccc(C)nc2C)c1. The summed E-state index contributed by atoms with van der Waals surface area (Å²) in [6.45, 7) is 3.64. The van der Waals surface area contributed by atoms with Gasteiger partial charge in [0.2, 0.25) is 0 Å². The number of carbonyl (C=O) groups is 2. The molecule has 1 heterocycles. The molecule has 0 saturated carbocycles. The van der Waals surface area contributed by atoms with Crippen LogP contribution >= 0.6 is 0 Å². The van der Waals surface area contributed by atoms with Gasteiger partial charge in [-0.2, -0.15) is 0 Å². The number of hydrogen-bond donors (Lipinski definition) is 2. The fourth-order valence-electron chi connectivity index (χ4n) is 2.21. The smallest absolute Gasteiger partial charge is 0.257 e. The van der Waals surface area contributed by atoms with Gasteiger partial charge in [0.15, 0.2) is 0 Å². The summed E-state index contributed by atoms with van der Waals surface area (Å²) >= 11 is 0. The van der Waals surface area contributed by atoms with Crippen molar-refractivity contribution < 1.29 is 14.3 Å². The number of aromatic nitrogens is 1. The molecule has 0 aliphatic heterocycles. The van der Waals surface area contributed by atoms with Crippen LogP contribution in [0, 0.1) is 13.8 Å². The third-order valence-corrected chi connectivity index (χ3v) is 3.41. The van der Waals surface area contributed by atoms with Crippen LogP contribution in [0.5, 0.6) is 5.75 Å². The van der Waals surface area contributed by atoms with Crippen molar-refractivity contribution in [3.63, 3.8) is 0 Å². The summed E-state index contributed by atoms with van der Waals surface area (Å²) in [5, 5.41) is 5.32. The third-order valence-electron chi connectivity index (χ3n) is 3.41. The van der Waals surface area contributed by atoms with Gasteiger partial charge in [0, 0.05) is 18.3 Å². The fourth-order valence-corrected chi connectivity index (χ4v) is 2.21. The van der Waals surface area contributed by atoms with Crippen LogP contribution in [0.25, 0.3) is 0 Å². The van der Waals surface area contributed by atoms with E-state index in [0.29, 0.717) is 28.3 Å². The highest BCUT2D eigenvalue weighted by Crippen LogP contribution is 2.26. The van der Waals surface area contributed by atoms with Crippen LogP contribution in [0.15, 0.2) is 30.3 Å². The standard InChI is InChI=1S/C17H19N3O3/c1-10-5-7-13(11(2)19-10)17(22)20-14-9-12(16(21)18-3)6-8-15(14)23-4/h5-9H,1-4H3,(H,18,21)(H,20,22). The monoisotopic (exact) mass is 313 g/mol. The fraction of sp³-hybridized carbons (Fsp3) is 0.235. The molecule has 1 aromatic carbocycles. The van der Waals surface area contributed by atoms with Crippen molar-refractivity contribution >= 4 is 17.5 Å². The Morgan fingerprint density at radius 2 is 1.83 bits per heavy atom. The van der Waals surface area contributed by atoms with Gasteiger partial charge in [0.1, 0.15) is 5.75 Å². The molecular weight excluding hydrogens is 294 g/mol. The van der Waals surface area contributed by atoms with E-state index in [0.717, 1.165) is 5.69 Å². The molecule has 0 fully saturated rings. The number of rotatable bonds is 4. The largest absolute Gasteiger partial charge is 0.495 e. The Morgan fingerprint density at radius 3 is 2.43 bits per heavy atom. The molecule has 2 rings (SSSR count). The summed E-state index contributed by atoms with van der Waals surface area (Å²) in [4.78, 5) is 28.5.